The molecule has 2 aromatic rings. The third-order valence-electron chi connectivity index (χ3n) is 3.14. The molecule has 3 rings (SSSR count). The van der Waals surface area contributed by atoms with Crippen LogP contribution < -0.4 is 5.32 Å². The molecule has 1 radical (unpaired) electrons. The van der Waals surface area contributed by atoms with E-state index in [1.165, 1.54) is 6.41 Å². The molecule has 91 valence electrons. The summed E-state index contributed by atoms with van der Waals surface area (Å²) in [4.78, 5) is 35.2. The number of carbonyl (C=O) groups excluding carboxylic acids is 3. The molecular formula is C15H8NO3. The molecule has 0 fully saturated rings. The molecule has 1 N–H and O–H groups in total. The molecule has 1 aliphatic carbocycles. The number of benzene rings is 2. The van der Waals surface area contributed by atoms with Crippen LogP contribution in [-0.2, 0) is 4.79 Å². The molecule has 1 aliphatic rings. The molecule has 0 saturated heterocycles. The van der Waals surface area contributed by atoms with Crippen molar-refractivity contribution in [2.24, 2.45) is 0 Å². The Morgan fingerprint density at radius 2 is 1.42 bits per heavy atom. The van der Waals surface area contributed by atoms with Gasteiger partial charge in [-0.25, -0.2) is 0 Å². The molecule has 0 heterocycles. The van der Waals surface area contributed by atoms with Crippen molar-refractivity contribution in [3.05, 3.63) is 64.7 Å². The third kappa shape index (κ3) is 1.57. The van der Waals surface area contributed by atoms with E-state index >= 15 is 0 Å². The van der Waals surface area contributed by atoms with Crippen LogP contribution >= 0.6 is 0 Å². The fourth-order valence-electron chi connectivity index (χ4n) is 2.30. The Hall–Kier alpha value is -2.75. The average Bonchev–Trinajstić information content (AvgIpc) is 2.45. The lowest BCUT2D eigenvalue weighted by Crippen LogP contribution is -2.22. The van der Waals surface area contributed by atoms with Gasteiger partial charge in [0.05, 0.1) is 11.3 Å². The maximum Gasteiger partial charge on any atom is 0.314 e. The Balaban J connectivity index is 2.29. The molecule has 0 aliphatic heterocycles. The largest absolute Gasteiger partial charge is 0.317 e. The van der Waals surface area contributed by atoms with Crippen molar-refractivity contribution >= 4 is 23.7 Å². The van der Waals surface area contributed by atoms with E-state index in [1.54, 1.807) is 42.5 Å². The number of ketones is 2. The van der Waals surface area contributed by atoms with Gasteiger partial charge >= 0.3 is 6.41 Å². The highest BCUT2D eigenvalue weighted by Crippen LogP contribution is 2.31. The van der Waals surface area contributed by atoms with E-state index in [1.807, 2.05) is 0 Å². The molecule has 19 heavy (non-hydrogen) atoms. The van der Waals surface area contributed by atoms with Gasteiger partial charge in [-0.05, 0) is 6.07 Å². The van der Waals surface area contributed by atoms with Crippen LogP contribution in [0.25, 0.3) is 0 Å². The van der Waals surface area contributed by atoms with Crippen molar-refractivity contribution in [2.45, 2.75) is 0 Å². The van der Waals surface area contributed by atoms with Crippen molar-refractivity contribution in [3.8, 4) is 0 Å². The summed E-state index contributed by atoms with van der Waals surface area (Å²) in [7, 11) is 0. The molecule has 4 nitrogen and oxygen atoms in total. The van der Waals surface area contributed by atoms with Crippen molar-refractivity contribution in [3.63, 3.8) is 0 Å². The van der Waals surface area contributed by atoms with Crippen LogP contribution in [0.2, 0.25) is 0 Å². The summed E-state index contributed by atoms with van der Waals surface area (Å²) >= 11 is 0. The minimum atomic E-state index is -0.261. The topological polar surface area (TPSA) is 63.2 Å². The lowest BCUT2D eigenvalue weighted by atomic mass is 9.83. The zero-order valence-electron chi connectivity index (χ0n) is 9.77. The third-order valence-corrected chi connectivity index (χ3v) is 3.14. The van der Waals surface area contributed by atoms with Crippen LogP contribution in [0.5, 0.6) is 0 Å². The minimum absolute atomic E-state index is 0.209. The second-order valence-corrected chi connectivity index (χ2v) is 4.16. The lowest BCUT2D eigenvalue weighted by molar-refractivity contribution is 0.0979. The molecule has 0 atom stereocenters. The molecule has 0 bridgehead atoms. The predicted molar refractivity (Wildman–Crippen MR) is 69.1 cm³/mol. The molecular weight excluding hydrogens is 242 g/mol. The molecule has 1 amide bonds. The Kier molecular flexibility index (Phi) is 2.49. The number of carbonyl (C=O) groups is 2. The van der Waals surface area contributed by atoms with Gasteiger partial charge in [-0.3, -0.25) is 14.4 Å². The van der Waals surface area contributed by atoms with Gasteiger partial charge in [-0.2, -0.15) is 0 Å². The molecule has 0 spiro atoms. The SMILES string of the molecule is O=[C]Nc1cccc2c1C(=O)c1ccccc1C2=O. The summed E-state index contributed by atoms with van der Waals surface area (Å²) in [5.41, 5.74) is 1.60. The first kappa shape index (κ1) is 11.3. The van der Waals surface area contributed by atoms with Gasteiger partial charge in [0.25, 0.3) is 0 Å². The first-order valence-electron chi connectivity index (χ1n) is 5.68. The van der Waals surface area contributed by atoms with Crippen LogP contribution in [0.1, 0.15) is 31.8 Å². The van der Waals surface area contributed by atoms with Gasteiger partial charge in [0.2, 0.25) is 0 Å². The zero-order valence-corrected chi connectivity index (χ0v) is 9.77. The van der Waals surface area contributed by atoms with E-state index in [0.717, 1.165) is 0 Å². The Morgan fingerprint density at radius 1 is 0.789 bits per heavy atom. The molecule has 0 aromatic heterocycles. The average molecular weight is 250 g/mol. The number of hydrogen-bond donors (Lipinski definition) is 1. The van der Waals surface area contributed by atoms with Crippen LogP contribution in [0.3, 0.4) is 0 Å². The van der Waals surface area contributed by atoms with Gasteiger partial charge in [-0.1, -0.05) is 36.4 Å². The smallest absolute Gasteiger partial charge is 0.314 e. The summed E-state index contributed by atoms with van der Waals surface area (Å²) in [5, 5.41) is 2.34. The highest BCUT2D eigenvalue weighted by Gasteiger charge is 2.31. The summed E-state index contributed by atoms with van der Waals surface area (Å²) in [6, 6.07) is 11.4. The summed E-state index contributed by atoms with van der Waals surface area (Å²) in [5.74, 6) is -0.469. The van der Waals surface area contributed by atoms with E-state index in [0.29, 0.717) is 22.4 Å². The quantitative estimate of drug-likeness (QED) is 0.707. The molecule has 0 saturated carbocycles. The predicted octanol–water partition coefficient (Wildman–Crippen LogP) is 1.94. The maximum absolute atomic E-state index is 12.4. The molecule has 4 heteroatoms. The number of hydrogen-bond acceptors (Lipinski definition) is 3. The standard InChI is InChI=1S/C15H8NO3/c17-8-16-12-7-3-6-11-13(12)15(19)10-5-2-1-4-9(10)14(11)18/h1-7H,(H,16,17). The van der Waals surface area contributed by atoms with E-state index < -0.39 is 0 Å². The first-order chi connectivity index (χ1) is 9.24. The number of nitrogens with one attached hydrogen (secondary N) is 1. The van der Waals surface area contributed by atoms with Crippen molar-refractivity contribution in [1.82, 2.24) is 0 Å². The second kappa shape index (κ2) is 4.17. The van der Waals surface area contributed by atoms with Crippen LogP contribution in [-0.4, -0.2) is 18.0 Å². The minimum Gasteiger partial charge on any atom is -0.317 e. The highest BCUT2D eigenvalue weighted by molar-refractivity contribution is 6.30. The van der Waals surface area contributed by atoms with Crippen LogP contribution in [0.4, 0.5) is 5.69 Å². The first-order valence-corrected chi connectivity index (χ1v) is 5.68. The monoisotopic (exact) mass is 250 g/mol. The lowest BCUT2D eigenvalue weighted by Gasteiger charge is -2.19. The highest BCUT2D eigenvalue weighted by atomic mass is 16.1. The maximum atomic E-state index is 12.4. The normalized spacial score (nSPS) is 12.6. The molecule has 0 unspecified atom stereocenters. The zero-order chi connectivity index (χ0) is 13.4. The van der Waals surface area contributed by atoms with E-state index in [9.17, 15) is 14.4 Å². The summed E-state index contributed by atoms with van der Waals surface area (Å²) < 4.78 is 0. The van der Waals surface area contributed by atoms with Gasteiger partial charge in [0.1, 0.15) is 0 Å². The fraction of sp³-hybridized carbons (Fsp3) is 0. The number of fused-ring (bicyclic) bond motifs is 2. The number of rotatable bonds is 2. The Bertz CT molecular complexity index is 719. The van der Waals surface area contributed by atoms with Gasteiger partial charge in [0.15, 0.2) is 11.6 Å². The van der Waals surface area contributed by atoms with Crippen LogP contribution in [0.15, 0.2) is 42.5 Å². The van der Waals surface area contributed by atoms with Crippen molar-refractivity contribution < 1.29 is 14.4 Å². The van der Waals surface area contributed by atoms with E-state index in [2.05, 4.69) is 5.32 Å². The summed E-state index contributed by atoms with van der Waals surface area (Å²) in [6.07, 6.45) is 1.53. The number of anilines is 1. The van der Waals surface area contributed by atoms with Crippen molar-refractivity contribution in [2.75, 3.05) is 5.32 Å². The van der Waals surface area contributed by atoms with Gasteiger partial charge < -0.3 is 5.32 Å². The van der Waals surface area contributed by atoms with Crippen LogP contribution in [0, 0.1) is 0 Å². The van der Waals surface area contributed by atoms with Gasteiger partial charge in [0, 0.05) is 16.7 Å². The molecule has 2 aromatic carbocycles. The fourth-order valence-corrected chi connectivity index (χ4v) is 2.30. The Labute approximate surface area is 109 Å². The van der Waals surface area contributed by atoms with E-state index in [-0.39, 0.29) is 17.1 Å². The van der Waals surface area contributed by atoms with Gasteiger partial charge in [-0.15, -0.1) is 0 Å². The number of amides is 1. The van der Waals surface area contributed by atoms with E-state index in [4.69, 9.17) is 0 Å². The second-order valence-electron chi connectivity index (χ2n) is 4.16. The Morgan fingerprint density at radius 3 is 2.11 bits per heavy atom. The summed E-state index contributed by atoms with van der Waals surface area (Å²) in [6.45, 7) is 0. The van der Waals surface area contributed by atoms with Crippen molar-refractivity contribution in [1.29, 1.82) is 0 Å².